The van der Waals surface area contributed by atoms with Gasteiger partial charge < -0.3 is 15.2 Å². The number of nitrogens with two attached hydrogens (primary N) is 1. The third-order valence-corrected chi connectivity index (χ3v) is 3.10. The zero-order chi connectivity index (χ0) is 15.4. The summed E-state index contributed by atoms with van der Waals surface area (Å²) in [7, 11) is 1.51. The van der Waals surface area contributed by atoms with Crippen LogP contribution in [0, 0.1) is 11.6 Å². The van der Waals surface area contributed by atoms with E-state index in [1.165, 1.54) is 7.11 Å². The Morgan fingerprint density at radius 3 is 2.52 bits per heavy atom. The first-order valence-electron chi connectivity index (χ1n) is 6.51. The predicted octanol–water partition coefficient (Wildman–Crippen LogP) is 3.57. The largest absolute Gasteiger partial charge is 0.493 e. The molecule has 0 aliphatic rings. The lowest BCUT2D eigenvalue weighted by Crippen LogP contribution is -2.06. The van der Waals surface area contributed by atoms with E-state index in [0.717, 1.165) is 23.8 Å². The summed E-state index contributed by atoms with van der Waals surface area (Å²) in [6, 6.07) is 8.40. The molecule has 0 heterocycles. The van der Waals surface area contributed by atoms with Crippen LogP contribution < -0.4 is 15.2 Å². The first-order valence-corrected chi connectivity index (χ1v) is 6.51. The van der Waals surface area contributed by atoms with Gasteiger partial charge in [-0.1, -0.05) is 6.07 Å². The van der Waals surface area contributed by atoms with Crippen molar-refractivity contribution in [2.24, 2.45) is 5.73 Å². The number of hydrogen-bond donors (Lipinski definition) is 1. The van der Waals surface area contributed by atoms with Crippen LogP contribution in [0.2, 0.25) is 0 Å². The summed E-state index contributed by atoms with van der Waals surface area (Å²) in [5.74, 6) is -0.0657. The molecule has 0 aromatic heterocycles. The van der Waals surface area contributed by atoms with Crippen LogP contribution in [0.15, 0.2) is 36.4 Å². The normalized spacial score (nSPS) is 12.0. The van der Waals surface area contributed by atoms with Crippen molar-refractivity contribution in [1.29, 1.82) is 0 Å². The maximum atomic E-state index is 13.5. The summed E-state index contributed by atoms with van der Waals surface area (Å²) in [6.07, 6.45) is 0. The van der Waals surface area contributed by atoms with Crippen molar-refractivity contribution in [3.05, 3.63) is 59.2 Å². The molecule has 0 saturated heterocycles. The van der Waals surface area contributed by atoms with E-state index < -0.39 is 11.6 Å². The second-order valence-electron chi connectivity index (χ2n) is 4.72. The fourth-order valence-corrected chi connectivity index (χ4v) is 1.90. The molecule has 2 N–H and O–H groups in total. The Morgan fingerprint density at radius 2 is 1.86 bits per heavy atom. The van der Waals surface area contributed by atoms with E-state index in [1.807, 2.05) is 13.0 Å². The number of hydrogen-bond acceptors (Lipinski definition) is 3. The van der Waals surface area contributed by atoms with Crippen LogP contribution >= 0.6 is 0 Å². The summed E-state index contributed by atoms with van der Waals surface area (Å²) >= 11 is 0. The van der Waals surface area contributed by atoms with Crippen LogP contribution in [0.25, 0.3) is 0 Å². The van der Waals surface area contributed by atoms with Crippen LogP contribution in [0.3, 0.4) is 0 Å². The maximum Gasteiger partial charge on any atom is 0.161 e. The molecule has 0 spiro atoms. The van der Waals surface area contributed by atoms with Crippen molar-refractivity contribution in [2.75, 3.05) is 7.11 Å². The molecule has 0 saturated carbocycles. The fraction of sp³-hybridized carbons (Fsp3) is 0.250. The van der Waals surface area contributed by atoms with Crippen molar-refractivity contribution in [2.45, 2.75) is 19.6 Å². The molecule has 112 valence electrons. The molecule has 0 radical (unpaired) electrons. The Morgan fingerprint density at radius 1 is 1.10 bits per heavy atom. The minimum atomic E-state index is -0.512. The van der Waals surface area contributed by atoms with Gasteiger partial charge in [-0.3, -0.25) is 0 Å². The number of benzene rings is 2. The zero-order valence-electron chi connectivity index (χ0n) is 11.9. The zero-order valence-corrected chi connectivity index (χ0v) is 11.9. The Balaban J connectivity index is 2.18. The molecule has 1 atom stereocenters. The summed E-state index contributed by atoms with van der Waals surface area (Å²) in [5, 5.41) is 0. The average Bonchev–Trinajstić information content (AvgIpc) is 2.47. The molecular weight excluding hydrogens is 276 g/mol. The highest BCUT2D eigenvalue weighted by molar-refractivity contribution is 5.43. The van der Waals surface area contributed by atoms with Crippen molar-refractivity contribution in [3.63, 3.8) is 0 Å². The Kier molecular flexibility index (Phi) is 4.75. The maximum absolute atomic E-state index is 13.5. The van der Waals surface area contributed by atoms with Crippen molar-refractivity contribution in [1.82, 2.24) is 0 Å². The molecule has 21 heavy (non-hydrogen) atoms. The number of ether oxygens (including phenoxy) is 2. The first-order chi connectivity index (χ1) is 10.0. The van der Waals surface area contributed by atoms with E-state index in [0.29, 0.717) is 11.5 Å². The Hall–Kier alpha value is -2.14. The number of halogens is 2. The van der Waals surface area contributed by atoms with E-state index >= 15 is 0 Å². The first kappa shape index (κ1) is 15.3. The van der Waals surface area contributed by atoms with E-state index in [-0.39, 0.29) is 18.2 Å². The van der Waals surface area contributed by atoms with Gasteiger partial charge in [-0.15, -0.1) is 0 Å². The summed E-state index contributed by atoms with van der Waals surface area (Å²) in [5.41, 5.74) is 6.85. The highest BCUT2D eigenvalue weighted by Gasteiger charge is 2.10. The molecule has 1 unspecified atom stereocenters. The lowest BCUT2D eigenvalue weighted by molar-refractivity contribution is 0.279. The van der Waals surface area contributed by atoms with Crippen LogP contribution in [0.1, 0.15) is 24.1 Å². The Labute approximate surface area is 122 Å². The number of rotatable bonds is 5. The topological polar surface area (TPSA) is 44.5 Å². The van der Waals surface area contributed by atoms with Gasteiger partial charge in [0.25, 0.3) is 0 Å². The van der Waals surface area contributed by atoms with E-state index in [4.69, 9.17) is 15.2 Å². The van der Waals surface area contributed by atoms with Gasteiger partial charge in [0, 0.05) is 11.6 Å². The van der Waals surface area contributed by atoms with E-state index in [2.05, 4.69) is 0 Å². The molecule has 0 amide bonds. The standard InChI is InChI=1S/C16H17F2NO2/c1-10(19)11-3-6-15(16(8-11)20-2)21-9-12-7-13(17)4-5-14(12)18/h3-8,10H,9,19H2,1-2H3. The van der Waals surface area contributed by atoms with Crippen molar-refractivity contribution < 1.29 is 18.3 Å². The molecule has 0 bridgehead atoms. The van der Waals surface area contributed by atoms with Gasteiger partial charge >= 0.3 is 0 Å². The monoisotopic (exact) mass is 293 g/mol. The SMILES string of the molecule is COc1cc(C(C)N)ccc1OCc1cc(F)ccc1F. The van der Waals surface area contributed by atoms with Gasteiger partial charge in [-0.05, 0) is 42.8 Å². The molecule has 0 fully saturated rings. The van der Waals surface area contributed by atoms with Gasteiger partial charge in [-0.2, -0.15) is 0 Å². The third-order valence-electron chi connectivity index (χ3n) is 3.10. The molecule has 0 aliphatic carbocycles. The quantitative estimate of drug-likeness (QED) is 0.916. The molecule has 3 nitrogen and oxygen atoms in total. The van der Waals surface area contributed by atoms with Crippen LogP contribution in [-0.2, 0) is 6.61 Å². The number of methoxy groups -OCH3 is 1. The molecule has 2 rings (SSSR count). The summed E-state index contributed by atoms with van der Waals surface area (Å²) in [6.45, 7) is 1.77. The van der Waals surface area contributed by atoms with Crippen LogP contribution in [0.4, 0.5) is 8.78 Å². The highest BCUT2D eigenvalue weighted by atomic mass is 19.1. The van der Waals surface area contributed by atoms with E-state index in [9.17, 15) is 8.78 Å². The molecule has 0 aliphatic heterocycles. The average molecular weight is 293 g/mol. The summed E-state index contributed by atoms with van der Waals surface area (Å²) in [4.78, 5) is 0. The summed E-state index contributed by atoms with van der Waals surface area (Å²) < 4.78 is 37.4. The molecule has 2 aromatic carbocycles. The van der Waals surface area contributed by atoms with Crippen molar-refractivity contribution in [3.8, 4) is 11.5 Å². The molecule has 2 aromatic rings. The van der Waals surface area contributed by atoms with Gasteiger partial charge in [0.05, 0.1) is 7.11 Å². The van der Waals surface area contributed by atoms with Gasteiger partial charge in [-0.25, -0.2) is 8.78 Å². The third kappa shape index (κ3) is 3.70. The second kappa shape index (κ2) is 6.54. The van der Waals surface area contributed by atoms with Crippen molar-refractivity contribution >= 4 is 0 Å². The van der Waals surface area contributed by atoms with Gasteiger partial charge in [0.2, 0.25) is 0 Å². The molecule has 5 heteroatoms. The second-order valence-corrected chi connectivity index (χ2v) is 4.72. The highest BCUT2D eigenvalue weighted by Crippen LogP contribution is 2.30. The predicted molar refractivity (Wildman–Crippen MR) is 76.3 cm³/mol. The van der Waals surface area contributed by atoms with Gasteiger partial charge in [0.1, 0.15) is 18.2 Å². The van der Waals surface area contributed by atoms with E-state index in [1.54, 1.807) is 12.1 Å². The minimum Gasteiger partial charge on any atom is -0.493 e. The lowest BCUT2D eigenvalue weighted by Gasteiger charge is -2.14. The van der Waals surface area contributed by atoms with Crippen LogP contribution in [-0.4, -0.2) is 7.11 Å². The van der Waals surface area contributed by atoms with Gasteiger partial charge in [0.15, 0.2) is 11.5 Å². The molecular formula is C16H17F2NO2. The Bertz CT molecular complexity index is 630. The minimum absolute atomic E-state index is 0.0858. The lowest BCUT2D eigenvalue weighted by atomic mass is 10.1. The van der Waals surface area contributed by atoms with Crippen LogP contribution in [0.5, 0.6) is 11.5 Å². The fourth-order valence-electron chi connectivity index (χ4n) is 1.90. The smallest absolute Gasteiger partial charge is 0.161 e.